The molecule has 0 saturated carbocycles. The van der Waals surface area contributed by atoms with E-state index in [1.807, 2.05) is 32.0 Å². The van der Waals surface area contributed by atoms with Gasteiger partial charge in [0.25, 0.3) is 0 Å². The van der Waals surface area contributed by atoms with Gasteiger partial charge in [0.2, 0.25) is 11.1 Å². The summed E-state index contributed by atoms with van der Waals surface area (Å²) in [7, 11) is 0. The first-order valence-electron chi connectivity index (χ1n) is 11.2. The van der Waals surface area contributed by atoms with E-state index < -0.39 is 0 Å². The topological polar surface area (TPSA) is 72.7 Å². The predicted molar refractivity (Wildman–Crippen MR) is 136 cm³/mol. The molecule has 1 N–H and O–H groups in total. The van der Waals surface area contributed by atoms with Crippen LogP contribution < -0.4 is 5.32 Å². The molecule has 0 spiro atoms. The smallest absolute Gasteiger partial charge is 0.220 e. The molecule has 8 heteroatoms. The van der Waals surface area contributed by atoms with Gasteiger partial charge in [0.05, 0.1) is 5.52 Å². The van der Waals surface area contributed by atoms with Gasteiger partial charge in [-0.15, -0.1) is 10.2 Å². The number of unbranched alkanes of at least 4 members (excludes halogenated alkanes) is 1. The van der Waals surface area contributed by atoms with E-state index in [1.54, 1.807) is 11.8 Å². The van der Waals surface area contributed by atoms with Crippen LogP contribution in [0.25, 0.3) is 22.1 Å². The molecule has 0 aliphatic rings. The molecule has 0 unspecified atom stereocenters. The number of nitrogens with zero attached hydrogens (tertiary/aromatic N) is 4. The Kier molecular flexibility index (Phi) is 7.50. The Hall–Kier alpha value is -2.64. The monoisotopic (exact) mass is 481 g/mol. The zero-order valence-corrected chi connectivity index (χ0v) is 20.7. The van der Waals surface area contributed by atoms with Gasteiger partial charge in [-0.05, 0) is 63.4 Å². The Morgan fingerprint density at radius 3 is 2.79 bits per heavy atom. The summed E-state index contributed by atoms with van der Waals surface area (Å²) in [4.78, 5) is 16.7. The van der Waals surface area contributed by atoms with Crippen molar-refractivity contribution in [2.45, 2.75) is 57.8 Å². The lowest BCUT2D eigenvalue weighted by atomic mass is 10.1. The van der Waals surface area contributed by atoms with Crippen molar-refractivity contribution in [1.82, 2.24) is 25.1 Å². The SMILES string of the molecule is Cc1ccc2c(c1)c1nnc(SCCCCC(=O)NC(C)C)nc1n2Cc1cccc(Cl)c1. The van der Waals surface area contributed by atoms with E-state index >= 15 is 0 Å². The molecule has 0 aliphatic heterocycles. The summed E-state index contributed by atoms with van der Waals surface area (Å²) in [6.45, 7) is 6.67. The fourth-order valence-corrected chi connectivity index (χ4v) is 4.83. The van der Waals surface area contributed by atoms with Crippen LogP contribution in [0.5, 0.6) is 0 Å². The van der Waals surface area contributed by atoms with Gasteiger partial charge in [0.15, 0.2) is 5.65 Å². The van der Waals surface area contributed by atoms with E-state index in [1.165, 1.54) is 5.56 Å². The van der Waals surface area contributed by atoms with E-state index in [9.17, 15) is 4.79 Å². The summed E-state index contributed by atoms with van der Waals surface area (Å²) in [5.41, 5.74) is 4.99. The summed E-state index contributed by atoms with van der Waals surface area (Å²) < 4.78 is 2.19. The van der Waals surface area contributed by atoms with Gasteiger partial charge in [0.1, 0.15) is 5.52 Å². The van der Waals surface area contributed by atoms with Gasteiger partial charge in [-0.1, -0.05) is 47.1 Å². The number of benzene rings is 2. The number of carbonyl (C=O) groups is 1. The third-order valence-electron chi connectivity index (χ3n) is 5.31. The van der Waals surface area contributed by atoms with Gasteiger partial charge in [-0.2, -0.15) is 0 Å². The van der Waals surface area contributed by atoms with Crippen LogP contribution in [-0.4, -0.2) is 37.5 Å². The maximum Gasteiger partial charge on any atom is 0.220 e. The molecular weight excluding hydrogens is 454 g/mol. The average Bonchev–Trinajstić information content (AvgIpc) is 3.05. The third kappa shape index (κ3) is 5.84. The zero-order valence-electron chi connectivity index (χ0n) is 19.1. The minimum absolute atomic E-state index is 0.107. The molecule has 4 rings (SSSR count). The van der Waals surface area contributed by atoms with Crippen LogP contribution in [0.4, 0.5) is 0 Å². The minimum atomic E-state index is 0.107. The number of amides is 1. The van der Waals surface area contributed by atoms with E-state index in [-0.39, 0.29) is 11.9 Å². The molecule has 6 nitrogen and oxygen atoms in total. The Labute approximate surface area is 203 Å². The third-order valence-corrected chi connectivity index (χ3v) is 6.47. The fraction of sp³-hybridized carbons (Fsp3) is 0.360. The molecule has 2 heterocycles. The largest absolute Gasteiger partial charge is 0.354 e. The van der Waals surface area contributed by atoms with Crippen molar-refractivity contribution in [3.8, 4) is 0 Å². The van der Waals surface area contributed by atoms with Crippen LogP contribution in [-0.2, 0) is 11.3 Å². The lowest BCUT2D eigenvalue weighted by Gasteiger charge is -2.08. The van der Waals surface area contributed by atoms with Crippen molar-refractivity contribution in [2.24, 2.45) is 0 Å². The Balaban J connectivity index is 1.54. The maximum absolute atomic E-state index is 11.8. The quantitative estimate of drug-likeness (QED) is 0.242. The number of hydrogen-bond donors (Lipinski definition) is 1. The molecule has 0 saturated heterocycles. The number of fused-ring (bicyclic) bond motifs is 3. The highest BCUT2D eigenvalue weighted by atomic mass is 35.5. The molecule has 0 radical (unpaired) electrons. The summed E-state index contributed by atoms with van der Waals surface area (Å²) in [6.07, 6.45) is 2.31. The molecule has 1 amide bonds. The van der Waals surface area contributed by atoms with Crippen molar-refractivity contribution in [1.29, 1.82) is 0 Å². The van der Waals surface area contributed by atoms with Gasteiger partial charge in [0, 0.05) is 35.2 Å². The second-order valence-corrected chi connectivity index (χ2v) is 10.0. The number of hydrogen-bond acceptors (Lipinski definition) is 5. The molecule has 0 fully saturated rings. The molecule has 4 aromatic rings. The van der Waals surface area contributed by atoms with E-state index in [4.69, 9.17) is 16.6 Å². The average molecular weight is 482 g/mol. The molecular formula is C25H28ClN5OS. The predicted octanol–water partition coefficient (Wildman–Crippen LogP) is 5.78. The number of halogens is 1. The number of carbonyl (C=O) groups excluding carboxylic acids is 1. The van der Waals surface area contributed by atoms with Crippen molar-refractivity contribution in [3.63, 3.8) is 0 Å². The fourth-order valence-electron chi connectivity index (χ4n) is 3.84. The standard InChI is InChI=1S/C25H28ClN5OS/c1-16(2)27-22(32)9-4-5-12-33-25-28-24-23(29-30-25)20-13-17(3)10-11-21(20)31(24)15-18-7-6-8-19(26)14-18/h6-8,10-11,13-14,16H,4-5,9,12,15H2,1-3H3,(H,27,32). The molecule has 0 bridgehead atoms. The second-order valence-electron chi connectivity index (χ2n) is 8.53. The Bertz CT molecular complexity index is 1290. The molecule has 2 aromatic carbocycles. The molecule has 33 heavy (non-hydrogen) atoms. The number of rotatable bonds is 9. The normalized spacial score (nSPS) is 11.5. The van der Waals surface area contributed by atoms with Crippen molar-refractivity contribution in [3.05, 3.63) is 58.6 Å². The first kappa shape index (κ1) is 23.5. The van der Waals surface area contributed by atoms with Gasteiger partial charge >= 0.3 is 0 Å². The van der Waals surface area contributed by atoms with Crippen LogP contribution in [0.15, 0.2) is 47.6 Å². The van der Waals surface area contributed by atoms with Crippen LogP contribution >= 0.6 is 23.4 Å². The first-order chi connectivity index (χ1) is 15.9. The lowest BCUT2D eigenvalue weighted by molar-refractivity contribution is -0.121. The molecule has 2 aromatic heterocycles. The van der Waals surface area contributed by atoms with Crippen LogP contribution in [0.3, 0.4) is 0 Å². The van der Waals surface area contributed by atoms with E-state index in [0.29, 0.717) is 18.1 Å². The Morgan fingerprint density at radius 2 is 2.00 bits per heavy atom. The van der Waals surface area contributed by atoms with Crippen molar-refractivity contribution in [2.75, 3.05) is 5.75 Å². The number of aromatic nitrogens is 4. The van der Waals surface area contributed by atoms with Crippen LogP contribution in [0, 0.1) is 6.92 Å². The summed E-state index contributed by atoms with van der Waals surface area (Å²) in [5, 5.41) is 14.3. The van der Waals surface area contributed by atoms with E-state index in [2.05, 4.69) is 51.3 Å². The first-order valence-corrected chi connectivity index (χ1v) is 12.6. The van der Waals surface area contributed by atoms with Gasteiger partial charge in [-0.3, -0.25) is 4.79 Å². The number of thioether (sulfide) groups is 1. The van der Waals surface area contributed by atoms with Gasteiger partial charge in [-0.25, -0.2) is 4.98 Å². The highest BCUT2D eigenvalue weighted by molar-refractivity contribution is 7.99. The van der Waals surface area contributed by atoms with Crippen molar-refractivity contribution < 1.29 is 4.79 Å². The second kappa shape index (κ2) is 10.5. The summed E-state index contributed by atoms with van der Waals surface area (Å²) >= 11 is 7.80. The summed E-state index contributed by atoms with van der Waals surface area (Å²) in [5.74, 6) is 0.950. The number of nitrogens with one attached hydrogen (secondary N) is 1. The molecule has 172 valence electrons. The summed E-state index contributed by atoms with van der Waals surface area (Å²) in [6, 6.07) is 14.4. The highest BCUT2D eigenvalue weighted by Gasteiger charge is 2.16. The minimum Gasteiger partial charge on any atom is -0.354 e. The maximum atomic E-state index is 11.8. The number of aryl methyl sites for hydroxylation is 1. The lowest BCUT2D eigenvalue weighted by Crippen LogP contribution is -2.29. The zero-order chi connectivity index (χ0) is 23.4. The molecule has 0 atom stereocenters. The molecule has 0 aliphatic carbocycles. The van der Waals surface area contributed by atoms with E-state index in [0.717, 1.165) is 51.2 Å². The highest BCUT2D eigenvalue weighted by Crippen LogP contribution is 2.29. The Morgan fingerprint density at radius 1 is 1.15 bits per heavy atom. The van der Waals surface area contributed by atoms with Crippen molar-refractivity contribution >= 4 is 51.3 Å². The van der Waals surface area contributed by atoms with Crippen LogP contribution in [0.1, 0.15) is 44.2 Å². The van der Waals surface area contributed by atoms with Crippen LogP contribution in [0.2, 0.25) is 5.02 Å². The van der Waals surface area contributed by atoms with Gasteiger partial charge < -0.3 is 9.88 Å².